The topological polar surface area (TPSA) is 23.5 Å². The number of nitrogens with zero attached hydrogens (tertiary/aromatic N) is 1. The van der Waals surface area contributed by atoms with E-state index in [0.29, 0.717) is 12.0 Å². The normalized spacial score (nSPS) is 23.6. The Kier molecular flexibility index (Phi) is 5.47. The highest BCUT2D eigenvalue weighted by molar-refractivity contribution is 5.24. The summed E-state index contributed by atoms with van der Waals surface area (Å²) in [4.78, 5) is 2.53. The second kappa shape index (κ2) is 7.76. The Bertz CT molecular complexity index is 583. The summed E-state index contributed by atoms with van der Waals surface area (Å²) in [6.07, 6.45) is 3.67. The summed E-state index contributed by atoms with van der Waals surface area (Å²) in [5.41, 5.74) is 2.60. The molecule has 3 atom stereocenters. The van der Waals surface area contributed by atoms with Gasteiger partial charge in [0.05, 0.1) is 12.6 Å². The Morgan fingerprint density at radius 2 is 1.70 bits per heavy atom. The van der Waals surface area contributed by atoms with Gasteiger partial charge in [-0.05, 0) is 36.4 Å². The van der Waals surface area contributed by atoms with Crippen LogP contribution in [-0.2, 0) is 0 Å². The lowest BCUT2D eigenvalue weighted by Crippen LogP contribution is -2.42. The number of likely N-dealkylation sites (tertiary alicyclic amines) is 1. The van der Waals surface area contributed by atoms with Gasteiger partial charge in [-0.3, -0.25) is 4.90 Å². The maximum absolute atomic E-state index is 10.1. The third-order valence-electron chi connectivity index (χ3n) is 5.22. The third-order valence-corrected chi connectivity index (χ3v) is 5.22. The molecular formula is C21H27NO. The fraction of sp³-hybridized carbons (Fsp3) is 0.429. The van der Waals surface area contributed by atoms with Crippen LogP contribution >= 0.6 is 0 Å². The molecular weight excluding hydrogens is 282 g/mol. The summed E-state index contributed by atoms with van der Waals surface area (Å²) in [5.74, 6) is 0.656. The molecule has 1 aliphatic rings. The smallest absolute Gasteiger partial charge is 0.0628 e. The molecule has 2 aromatic carbocycles. The van der Waals surface area contributed by atoms with Crippen LogP contribution in [0.3, 0.4) is 0 Å². The van der Waals surface area contributed by atoms with Crippen molar-refractivity contribution in [2.24, 2.45) is 5.92 Å². The molecule has 2 nitrogen and oxygen atoms in total. The molecule has 1 N–H and O–H groups in total. The SMILES string of the molecule is CC[C@@H]1CCCN([C@@H](CO)c2ccccc2)[C@H]1c1ccccc1. The minimum Gasteiger partial charge on any atom is -0.394 e. The average Bonchev–Trinajstić information content (AvgIpc) is 2.64. The van der Waals surface area contributed by atoms with Crippen molar-refractivity contribution in [1.82, 2.24) is 4.90 Å². The highest BCUT2D eigenvalue weighted by Gasteiger charge is 2.35. The number of hydrogen-bond acceptors (Lipinski definition) is 2. The van der Waals surface area contributed by atoms with Crippen molar-refractivity contribution in [1.29, 1.82) is 0 Å². The number of piperidine rings is 1. The van der Waals surface area contributed by atoms with Crippen LogP contribution < -0.4 is 0 Å². The largest absolute Gasteiger partial charge is 0.394 e. The van der Waals surface area contributed by atoms with Gasteiger partial charge in [-0.1, -0.05) is 74.0 Å². The fourth-order valence-electron chi connectivity index (χ4n) is 4.07. The molecule has 23 heavy (non-hydrogen) atoms. The molecule has 1 heterocycles. The first-order valence-electron chi connectivity index (χ1n) is 8.81. The molecule has 1 fully saturated rings. The van der Waals surface area contributed by atoms with Crippen molar-refractivity contribution in [3.8, 4) is 0 Å². The van der Waals surface area contributed by atoms with E-state index >= 15 is 0 Å². The summed E-state index contributed by atoms with van der Waals surface area (Å²) in [6, 6.07) is 21.7. The van der Waals surface area contributed by atoms with Crippen molar-refractivity contribution in [3.05, 3.63) is 71.8 Å². The van der Waals surface area contributed by atoms with E-state index in [4.69, 9.17) is 0 Å². The van der Waals surface area contributed by atoms with E-state index in [1.54, 1.807) is 0 Å². The first-order valence-corrected chi connectivity index (χ1v) is 8.81. The minimum atomic E-state index is 0.0794. The molecule has 122 valence electrons. The van der Waals surface area contributed by atoms with Gasteiger partial charge in [0, 0.05) is 6.04 Å². The van der Waals surface area contributed by atoms with E-state index in [1.165, 1.54) is 30.4 Å². The lowest BCUT2D eigenvalue weighted by molar-refractivity contribution is 0.0212. The fourth-order valence-corrected chi connectivity index (χ4v) is 4.07. The van der Waals surface area contributed by atoms with Gasteiger partial charge in [0.2, 0.25) is 0 Å². The lowest BCUT2D eigenvalue weighted by atomic mass is 9.81. The van der Waals surface area contributed by atoms with E-state index in [9.17, 15) is 5.11 Å². The molecule has 0 saturated carbocycles. The number of aliphatic hydroxyl groups is 1. The van der Waals surface area contributed by atoms with Gasteiger partial charge in [-0.2, -0.15) is 0 Å². The second-order valence-corrected chi connectivity index (χ2v) is 6.51. The molecule has 1 aliphatic heterocycles. The zero-order chi connectivity index (χ0) is 16.1. The molecule has 2 heteroatoms. The number of aliphatic hydroxyl groups excluding tert-OH is 1. The summed E-state index contributed by atoms with van der Waals surface area (Å²) in [5, 5.41) is 10.1. The van der Waals surface area contributed by atoms with Gasteiger partial charge in [0.25, 0.3) is 0 Å². The Hall–Kier alpha value is -1.64. The van der Waals surface area contributed by atoms with Crippen LogP contribution in [-0.4, -0.2) is 23.2 Å². The van der Waals surface area contributed by atoms with Crippen molar-refractivity contribution in [2.75, 3.05) is 13.2 Å². The van der Waals surface area contributed by atoms with Crippen LogP contribution in [0, 0.1) is 5.92 Å². The molecule has 0 aromatic heterocycles. The summed E-state index contributed by atoms with van der Waals surface area (Å²) < 4.78 is 0. The van der Waals surface area contributed by atoms with E-state index in [0.717, 1.165) is 6.54 Å². The number of rotatable bonds is 5. The van der Waals surface area contributed by atoms with Crippen LogP contribution in [0.15, 0.2) is 60.7 Å². The predicted molar refractivity (Wildman–Crippen MR) is 95.2 cm³/mol. The van der Waals surface area contributed by atoms with Crippen molar-refractivity contribution in [3.63, 3.8) is 0 Å². The Morgan fingerprint density at radius 1 is 1.04 bits per heavy atom. The van der Waals surface area contributed by atoms with Gasteiger partial charge in [0.15, 0.2) is 0 Å². The Morgan fingerprint density at radius 3 is 2.30 bits per heavy atom. The Labute approximate surface area is 139 Å². The van der Waals surface area contributed by atoms with Gasteiger partial charge < -0.3 is 5.11 Å². The number of benzene rings is 2. The van der Waals surface area contributed by atoms with Crippen LogP contribution in [0.5, 0.6) is 0 Å². The van der Waals surface area contributed by atoms with Crippen molar-refractivity contribution < 1.29 is 5.11 Å². The van der Waals surface area contributed by atoms with Crippen LogP contribution in [0.4, 0.5) is 0 Å². The van der Waals surface area contributed by atoms with Gasteiger partial charge >= 0.3 is 0 Å². The highest BCUT2D eigenvalue weighted by atomic mass is 16.3. The monoisotopic (exact) mass is 309 g/mol. The zero-order valence-electron chi connectivity index (χ0n) is 13.9. The third kappa shape index (κ3) is 3.49. The van der Waals surface area contributed by atoms with Crippen molar-refractivity contribution in [2.45, 2.75) is 38.3 Å². The average molecular weight is 309 g/mol. The van der Waals surface area contributed by atoms with Crippen LogP contribution in [0.2, 0.25) is 0 Å². The van der Waals surface area contributed by atoms with E-state index in [-0.39, 0.29) is 12.6 Å². The van der Waals surface area contributed by atoms with E-state index in [1.807, 2.05) is 6.07 Å². The molecule has 1 saturated heterocycles. The summed E-state index contributed by atoms with van der Waals surface area (Å²) in [6.45, 7) is 3.51. The molecule has 2 aromatic rings. The molecule has 0 bridgehead atoms. The standard InChI is InChI=1S/C21H27NO/c1-2-17-14-9-15-22(21(17)19-12-7-4-8-13-19)20(16-23)18-10-5-3-6-11-18/h3-8,10-13,17,20-21,23H,2,9,14-16H2,1H3/t17-,20+,21-/m1/s1. The van der Waals surface area contributed by atoms with Gasteiger partial charge in [-0.25, -0.2) is 0 Å². The number of hydrogen-bond donors (Lipinski definition) is 1. The minimum absolute atomic E-state index is 0.0794. The molecule has 0 unspecified atom stereocenters. The van der Waals surface area contributed by atoms with E-state index < -0.39 is 0 Å². The molecule has 0 aliphatic carbocycles. The predicted octanol–water partition coefficient (Wildman–Crippen LogP) is 4.58. The molecule has 0 amide bonds. The van der Waals surface area contributed by atoms with Crippen LogP contribution in [0.25, 0.3) is 0 Å². The zero-order valence-corrected chi connectivity index (χ0v) is 13.9. The maximum atomic E-state index is 10.1. The lowest BCUT2D eigenvalue weighted by Gasteiger charge is -2.45. The van der Waals surface area contributed by atoms with Crippen molar-refractivity contribution >= 4 is 0 Å². The quantitative estimate of drug-likeness (QED) is 0.873. The molecule has 3 rings (SSSR count). The van der Waals surface area contributed by atoms with E-state index in [2.05, 4.69) is 66.4 Å². The highest BCUT2D eigenvalue weighted by Crippen LogP contribution is 2.42. The second-order valence-electron chi connectivity index (χ2n) is 6.51. The first kappa shape index (κ1) is 16.2. The van der Waals surface area contributed by atoms with Gasteiger partial charge in [0.1, 0.15) is 0 Å². The van der Waals surface area contributed by atoms with Gasteiger partial charge in [-0.15, -0.1) is 0 Å². The van der Waals surface area contributed by atoms with Crippen LogP contribution in [0.1, 0.15) is 49.4 Å². The summed E-state index contributed by atoms with van der Waals surface area (Å²) >= 11 is 0. The molecule has 0 spiro atoms. The first-order chi connectivity index (χ1) is 11.3. The Balaban J connectivity index is 1.96. The maximum Gasteiger partial charge on any atom is 0.0628 e. The summed E-state index contributed by atoms with van der Waals surface area (Å²) in [7, 11) is 0. The molecule has 0 radical (unpaired) electrons.